The van der Waals surface area contributed by atoms with Crippen molar-refractivity contribution in [1.82, 2.24) is 20.1 Å². The third-order valence-corrected chi connectivity index (χ3v) is 5.71. The first-order chi connectivity index (χ1) is 14.9. The third kappa shape index (κ3) is 4.59. The SMILES string of the molecule is COc1cc2nonc2cc1C=CC(=O)N1C[C@H](C)N(Cc2ccc(F)cc2)C[C@H]1C. The molecule has 1 fully saturated rings. The van der Waals surface area contributed by atoms with Gasteiger partial charge in [0.2, 0.25) is 5.91 Å². The molecule has 0 radical (unpaired) electrons. The molecule has 3 aromatic rings. The number of nitrogens with zero attached hydrogens (tertiary/aromatic N) is 4. The van der Waals surface area contributed by atoms with Crippen LogP contribution in [0.25, 0.3) is 17.1 Å². The lowest BCUT2D eigenvalue weighted by Gasteiger charge is -2.44. The minimum absolute atomic E-state index is 0.0536. The monoisotopic (exact) mass is 424 g/mol. The van der Waals surface area contributed by atoms with Crippen LogP contribution in [0.3, 0.4) is 0 Å². The van der Waals surface area contributed by atoms with E-state index in [2.05, 4.69) is 22.1 Å². The van der Waals surface area contributed by atoms with Crippen LogP contribution in [0, 0.1) is 5.82 Å². The number of amides is 1. The Bertz CT molecular complexity index is 1100. The number of hydrogen-bond donors (Lipinski definition) is 0. The summed E-state index contributed by atoms with van der Waals surface area (Å²) in [5.74, 6) is 0.307. The van der Waals surface area contributed by atoms with Gasteiger partial charge in [-0.05, 0) is 54.0 Å². The molecule has 2 heterocycles. The molecule has 0 spiro atoms. The fourth-order valence-electron chi connectivity index (χ4n) is 3.94. The van der Waals surface area contributed by atoms with Crippen LogP contribution in [-0.4, -0.2) is 58.3 Å². The normalized spacial score (nSPS) is 19.9. The van der Waals surface area contributed by atoms with E-state index in [1.54, 1.807) is 31.4 Å². The van der Waals surface area contributed by atoms with Gasteiger partial charge in [-0.1, -0.05) is 12.1 Å². The van der Waals surface area contributed by atoms with E-state index in [1.807, 2.05) is 24.0 Å². The lowest BCUT2D eigenvalue weighted by atomic mass is 10.1. The highest BCUT2D eigenvalue weighted by Gasteiger charge is 2.31. The summed E-state index contributed by atoms with van der Waals surface area (Å²) in [4.78, 5) is 17.1. The number of fused-ring (bicyclic) bond motifs is 1. The summed E-state index contributed by atoms with van der Waals surface area (Å²) < 4.78 is 23.3. The minimum atomic E-state index is -0.233. The maximum absolute atomic E-state index is 13.2. The van der Waals surface area contributed by atoms with Crippen LogP contribution in [0.15, 0.2) is 47.1 Å². The topological polar surface area (TPSA) is 71.7 Å². The van der Waals surface area contributed by atoms with Gasteiger partial charge >= 0.3 is 0 Å². The highest BCUT2D eigenvalue weighted by atomic mass is 19.1. The number of hydrogen-bond acceptors (Lipinski definition) is 6. The van der Waals surface area contributed by atoms with Crippen molar-refractivity contribution >= 4 is 23.0 Å². The molecule has 162 valence electrons. The smallest absolute Gasteiger partial charge is 0.246 e. The van der Waals surface area contributed by atoms with Gasteiger partial charge in [0.15, 0.2) is 0 Å². The molecule has 7 nitrogen and oxygen atoms in total. The number of aromatic nitrogens is 2. The average molecular weight is 424 g/mol. The van der Waals surface area contributed by atoms with Gasteiger partial charge in [-0.15, -0.1) is 0 Å². The Morgan fingerprint density at radius 1 is 1.16 bits per heavy atom. The van der Waals surface area contributed by atoms with Crippen LogP contribution in [0.1, 0.15) is 25.0 Å². The fourth-order valence-corrected chi connectivity index (χ4v) is 3.94. The number of piperazine rings is 1. The maximum Gasteiger partial charge on any atom is 0.246 e. The van der Waals surface area contributed by atoms with Gasteiger partial charge in [-0.25, -0.2) is 9.02 Å². The van der Waals surface area contributed by atoms with E-state index < -0.39 is 0 Å². The summed E-state index contributed by atoms with van der Waals surface area (Å²) in [6, 6.07) is 10.3. The number of methoxy groups -OCH3 is 1. The van der Waals surface area contributed by atoms with Crippen molar-refractivity contribution in [3.8, 4) is 5.75 Å². The summed E-state index contributed by atoms with van der Waals surface area (Å²) in [6.07, 6.45) is 3.30. The van der Waals surface area contributed by atoms with Crippen molar-refractivity contribution in [3.05, 3.63) is 59.4 Å². The maximum atomic E-state index is 13.2. The summed E-state index contributed by atoms with van der Waals surface area (Å²) in [5, 5.41) is 7.65. The van der Waals surface area contributed by atoms with Crippen molar-refractivity contribution in [2.75, 3.05) is 20.2 Å². The molecule has 2 aromatic carbocycles. The molecule has 8 heteroatoms. The van der Waals surface area contributed by atoms with Crippen LogP contribution in [0.4, 0.5) is 4.39 Å². The quantitative estimate of drug-likeness (QED) is 0.584. The van der Waals surface area contributed by atoms with E-state index in [0.29, 0.717) is 23.3 Å². The molecule has 31 heavy (non-hydrogen) atoms. The van der Waals surface area contributed by atoms with E-state index in [-0.39, 0.29) is 23.8 Å². The Labute approximate surface area is 180 Å². The molecular formula is C23H25FN4O3. The van der Waals surface area contributed by atoms with Crippen molar-refractivity contribution in [3.63, 3.8) is 0 Å². The largest absolute Gasteiger partial charge is 0.496 e. The second-order valence-electron chi connectivity index (χ2n) is 7.92. The van der Waals surface area contributed by atoms with Crippen molar-refractivity contribution in [2.45, 2.75) is 32.5 Å². The van der Waals surface area contributed by atoms with Gasteiger partial charge in [0.25, 0.3) is 0 Å². The number of carbonyl (C=O) groups excluding carboxylic acids is 1. The Balaban J connectivity index is 1.44. The number of halogens is 1. The Morgan fingerprint density at radius 2 is 1.87 bits per heavy atom. The summed E-state index contributed by atoms with van der Waals surface area (Å²) in [5.41, 5.74) is 2.99. The summed E-state index contributed by atoms with van der Waals surface area (Å²) in [6.45, 7) is 6.25. The molecule has 1 saturated heterocycles. The van der Waals surface area contributed by atoms with Crippen molar-refractivity contribution in [2.24, 2.45) is 0 Å². The number of ether oxygens (including phenoxy) is 1. The van der Waals surface area contributed by atoms with E-state index in [0.717, 1.165) is 24.2 Å². The van der Waals surface area contributed by atoms with Gasteiger partial charge in [0.1, 0.15) is 22.6 Å². The molecule has 0 aliphatic carbocycles. The molecule has 1 aromatic heterocycles. The van der Waals surface area contributed by atoms with E-state index in [9.17, 15) is 9.18 Å². The second kappa shape index (κ2) is 8.85. The zero-order valence-corrected chi connectivity index (χ0v) is 17.8. The molecule has 0 bridgehead atoms. The first kappa shape index (κ1) is 21.0. The zero-order valence-electron chi connectivity index (χ0n) is 17.8. The van der Waals surface area contributed by atoms with E-state index >= 15 is 0 Å². The van der Waals surface area contributed by atoms with Gasteiger partial charge in [0.05, 0.1) is 7.11 Å². The van der Waals surface area contributed by atoms with E-state index in [1.165, 1.54) is 12.1 Å². The zero-order chi connectivity index (χ0) is 22.0. The Hall–Kier alpha value is -3.26. The Morgan fingerprint density at radius 3 is 2.58 bits per heavy atom. The number of rotatable bonds is 5. The molecule has 0 unspecified atom stereocenters. The lowest BCUT2D eigenvalue weighted by molar-refractivity contribution is -0.131. The number of benzene rings is 2. The predicted molar refractivity (Wildman–Crippen MR) is 115 cm³/mol. The second-order valence-corrected chi connectivity index (χ2v) is 7.92. The Kier molecular flexibility index (Phi) is 5.99. The standard InChI is InChI=1S/C23H25FN4O3/c1-15-13-28(16(2)12-27(15)14-17-4-7-19(24)8-5-17)23(29)9-6-18-10-20-21(26-31-25-20)11-22(18)30-3/h4-11,15-16H,12-14H2,1-3H3/t15-,16+/m0/s1. The first-order valence-corrected chi connectivity index (χ1v) is 10.2. The van der Waals surface area contributed by atoms with Crippen molar-refractivity contribution in [1.29, 1.82) is 0 Å². The van der Waals surface area contributed by atoms with Crippen LogP contribution in [0.2, 0.25) is 0 Å². The molecular weight excluding hydrogens is 399 g/mol. The van der Waals surface area contributed by atoms with Gasteiger partial charge in [0, 0.05) is 49.4 Å². The van der Waals surface area contributed by atoms with Crippen molar-refractivity contribution < 1.29 is 18.6 Å². The van der Waals surface area contributed by atoms with E-state index in [4.69, 9.17) is 9.37 Å². The van der Waals surface area contributed by atoms with Crippen LogP contribution < -0.4 is 4.74 Å². The molecule has 0 N–H and O–H groups in total. The molecule has 1 aliphatic heterocycles. The molecule has 0 saturated carbocycles. The molecule has 1 amide bonds. The van der Waals surface area contributed by atoms with Gasteiger partial charge in [-0.2, -0.15) is 0 Å². The fraction of sp³-hybridized carbons (Fsp3) is 0.348. The molecule has 4 rings (SSSR count). The summed E-state index contributed by atoms with van der Waals surface area (Å²) in [7, 11) is 1.57. The third-order valence-electron chi connectivity index (χ3n) is 5.71. The van der Waals surface area contributed by atoms with Gasteiger partial charge < -0.3 is 9.64 Å². The van der Waals surface area contributed by atoms with Crippen LogP contribution >= 0.6 is 0 Å². The molecule has 2 atom stereocenters. The number of carbonyl (C=O) groups is 1. The first-order valence-electron chi connectivity index (χ1n) is 10.2. The highest BCUT2D eigenvalue weighted by Crippen LogP contribution is 2.25. The van der Waals surface area contributed by atoms with Crippen LogP contribution in [-0.2, 0) is 11.3 Å². The highest BCUT2D eigenvalue weighted by molar-refractivity contribution is 5.93. The summed E-state index contributed by atoms with van der Waals surface area (Å²) >= 11 is 0. The predicted octanol–water partition coefficient (Wildman–Crippen LogP) is 3.51. The lowest BCUT2D eigenvalue weighted by Crippen LogP contribution is -2.57. The van der Waals surface area contributed by atoms with Crippen LogP contribution in [0.5, 0.6) is 5.75 Å². The molecule has 1 aliphatic rings. The van der Waals surface area contributed by atoms with Gasteiger partial charge in [-0.3, -0.25) is 9.69 Å². The average Bonchev–Trinajstić information content (AvgIpc) is 3.22. The minimum Gasteiger partial charge on any atom is -0.496 e.